The second-order valence-corrected chi connectivity index (χ2v) is 7.08. The molecule has 0 aliphatic heterocycles. The first-order chi connectivity index (χ1) is 13.0. The summed E-state index contributed by atoms with van der Waals surface area (Å²) in [4.78, 5) is 16.6. The molecule has 138 valence electrons. The van der Waals surface area contributed by atoms with Crippen molar-refractivity contribution in [1.82, 2.24) is 4.57 Å². The number of halogens is 1. The van der Waals surface area contributed by atoms with Crippen molar-refractivity contribution in [2.75, 3.05) is 6.61 Å². The Labute approximate surface area is 167 Å². The fourth-order valence-corrected chi connectivity index (χ4v) is 3.24. The highest BCUT2D eigenvalue weighted by atomic mass is 79.9. The monoisotopic (exact) mass is 424 g/mol. The van der Waals surface area contributed by atoms with E-state index in [9.17, 15) is 4.79 Å². The number of aliphatic imine (C=N–C) groups is 1. The molecular formula is C22H21BrN2O2. The molecule has 1 aromatic heterocycles. The van der Waals surface area contributed by atoms with E-state index in [1.807, 2.05) is 62.5 Å². The van der Waals surface area contributed by atoms with Crippen LogP contribution in [0.3, 0.4) is 0 Å². The minimum absolute atomic E-state index is 0.307. The lowest BCUT2D eigenvalue weighted by Crippen LogP contribution is -2.06. The van der Waals surface area contributed by atoms with Gasteiger partial charge in [0.1, 0.15) is 0 Å². The molecule has 0 aliphatic carbocycles. The van der Waals surface area contributed by atoms with Gasteiger partial charge in [-0.25, -0.2) is 4.79 Å². The Kier molecular flexibility index (Phi) is 5.91. The topological polar surface area (TPSA) is 43.6 Å². The first kappa shape index (κ1) is 19.1. The Bertz CT molecular complexity index is 988. The van der Waals surface area contributed by atoms with Gasteiger partial charge in [-0.2, -0.15) is 0 Å². The average Bonchev–Trinajstić information content (AvgIpc) is 2.95. The molecule has 0 N–H and O–H groups in total. The summed E-state index contributed by atoms with van der Waals surface area (Å²) in [6, 6.07) is 17.4. The largest absolute Gasteiger partial charge is 0.462 e. The maximum Gasteiger partial charge on any atom is 0.338 e. The molecule has 1 heterocycles. The van der Waals surface area contributed by atoms with E-state index in [0.717, 1.165) is 32.8 Å². The summed E-state index contributed by atoms with van der Waals surface area (Å²) in [6.45, 7) is 6.26. The number of hydrogen-bond donors (Lipinski definition) is 0. The molecule has 0 aliphatic rings. The summed E-state index contributed by atoms with van der Waals surface area (Å²) in [6.07, 6.45) is 1.87. The predicted molar refractivity (Wildman–Crippen MR) is 113 cm³/mol. The van der Waals surface area contributed by atoms with E-state index in [-0.39, 0.29) is 5.97 Å². The molecule has 4 nitrogen and oxygen atoms in total. The van der Waals surface area contributed by atoms with E-state index in [4.69, 9.17) is 4.74 Å². The quantitative estimate of drug-likeness (QED) is 0.384. The standard InChI is InChI=1S/C22H21BrN2O2/c1-4-27-22(26)17-6-5-7-21(13-17)25-15(2)12-18(16(25)3)14-24-20-10-8-19(23)9-11-20/h5-14H,4H2,1-3H3. The van der Waals surface area contributed by atoms with E-state index >= 15 is 0 Å². The second-order valence-electron chi connectivity index (χ2n) is 6.17. The highest BCUT2D eigenvalue weighted by Crippen LogP contribution is 2.22. The molecule has 2 aromatic carbocycles. The molecule has 0 bridgehead atoms. The van der Waals surface area contributed by atoms with Crippen molar-refractivity contribution < 1.29 is 9.53 Å². The number of nitrogens with zero attached hydrogens (tertiary/aromatic N) is 2. The Balaban J connectivity index is 1.93. The van der Waals surface area contributed by atoms with Crippen LogP contribution in [0.15, 0.2) is 64.1 Å². The van der Waals surface area contributed by atoms with Gasteiger partial charge in [0.25, 0.3) is 0 Å². The maximum absolute atomic E-state index is 12.0. The summed E-state index contributed by atoms with van der Waals surface area (Å²) in [5.41, 5.74) is 5.55. The van der Waals surface area contributed by atoms with Crippen molar-refractivity contribution in [3.05, 3.63) is 81.6 Å². The Morgan fingerprint density at radius 2 is 1.89 bits per heavy atom. The summed E-state index contributed by atoms with van der Waals surface area (Å²) < 4.78 is 8.25. The molecule has 0 atom stereocenters. The lowest BCUT2D eigenvalue weighted by Gasteiger charge is -2.11. The third-order valence-corrected chi connectivity index (χ3v) is 4.79. The van der Waals surface area contributed by atoms with E-state index in [1.54, 1.807) is 13.0 Å². The fraction of sp³-hybridized carbons (Fsp3) is 0.182. The van der Waals surface area contributed by atoms with Crippen LogP contribution >= 0.6 is 15.9 Å². The van der Waals surface area contributed by atoms with E-state index in [2.05, 4.69) is 31.6 Å². The van der Waals surface area contributed by atoms with E-state index in [0.29, 0.717) is 12.2 Å². The molecule has 3 rings (SSSR count). The van der Waals surface area contributed by atoms with E-state index in [1.165, 1.54) is 0 Å². The van der Waals surface area contributed by atoms with Crippen LogP contribution in [0.25, 0.3) is 5.69 Å². The van der Waals surface area contributed by atoms with Gasteiger partial charge in [0.2, 0.25) is 0 Å². The summed E-state index contributed by atoms with van der Waals surface area (Å²) in [7, 11) is 0. The van der Waals surface area contributed by atoms with Crippen LogP contribution in [-0.4, -0.2) is 23.4 Å². The number of hydrogen-bond acceptors (Lipinski definition) is 3. The van der Waals surface area contributed by atoms with Gasteiger partial charge in [-0.05, 0) is 69.3 Å². The first-order valence-corrected chi connectivity index (χ1v) is 9.55. The molecule has 0 radical (unpaired) electrons. The molecule has 0 saturated carbocycles. The Hall–Kier alpha value is -2.66. The molecule has 0 fully saturated rings. The van der Waals surface area contributed by atoms with Crippen LogP contribution in [0.4, 0.5) is 5.69 Å². The molecule has 27 heavy (non-hydrogen) atoms. The van der Waals surface area contributed by atoms with E-state index < -0.39 is 0 Å². The van der Waals surface area contributed by atoms with Gasteiger partial charge in [-0.3, -0.25) is 4.99 Å². The van der Waals surface area contributed by atoms with Crippen LogP contribution < -0.4 is 0 Å². The van der Waals surface area contributed by atoms with Crippen LogP contribution in [0.1, 0.15) is 34.2 Å². The number of aryl methyl sites for hydroxylation is 1. The second kappa shape index (κ2) is 8.35. The summed E-state index contributed by atoms with van der Waals surface area (Å²) >= 11 is 3.43. The molecule has 3 aromatic rings. The summed E-state index contributed by atoms with van der Waals surface area (Å²) in [5, 5.41) is 0. The number of rotatable bonds is 5. The highest BCUT2D eigenvalue weighted by Gasteiger charge is 2.12. The lowest BCUT2D eigenvalue weighted by molar-refractivity contribution is 0.0526. The van der Waals surface area contributed by atoms with Gasteiger partial charge in [0, 0.05) is 33.3 Å². The van der Waals surface area contributed by atoms with Gasteiger partial charge in [-0.1, -0.05) is 22.0 Å². The number of benzene rings is 2. The van der Waals surface area contributed by atoms with Crippen molar-refractivity contribution in [3.63, 3.8) is 0 Å². The lowest BCUT2D eigenvalue weighted by atomic mass is 10.2. The molecular weight excluding hydrogens is 404 g/mol. The Morgan fingerprint density at radius 1 is 1.15 bits per heavy atom. The van der Waals surface area contributed by atoms with Gasteiger partial charge < -0.3 is 9.30 Å². The smallest absolute Gasteiger partial charge is 0.338 e. The van der Waals surface area contributed by atoms with Crippen molar-refractivity contribution >= 4 is 33.8 Å². The maximum atomic E-state index is 12.0. The number of esters is 1. The number of carbonyl (C=O) groups excluding carboxylic acids is 1. The van der Waals surface area contributed by atoms with Gasteiger partial charge in [-0.15, -0.1) is 0 Å². The van der Waals surface area contributed by atoms with Gasteiger partial charge in [0.05, 0.1) is 17.9 Å². The van der Waals surface area contributed by atoms with Crippen molar-refractivity contribution in [2.45, 2.75) is 20.8 Å². The third kappa shape index (κ3) is 4.37. The summed E-state index contributed by atoms with van der Waals surface area (Å²) in [5.74, 6) is -0.307. The molecule has 0 unspecified atom stereocenters. The fourth-order valence-electron chi connectivity index (χ4n) is 2.97. The molecule has 5 heteroatoms. The minimum atomic E-state index is -0.307. The van der Waals surface area contributed by atoms with Crippen molar-refractivity contribution in [2.24, 2.45) is 4.99 Å². The SMILES string of the molecule is CCOC(=O)c1cccc(-n2c(C)cc(C=Nc3ccc(Br)cc3)c2C)c1. The zero-order valence-electron chi connectivity index (χ0n) is 15.6. The predicted octanol–water partition coefficient (Wildman–Crippen LogP) is 5.78. The zero-order valence-corrected chi connectivity index (χ0v) is 17.2. The molecule has 0 amide bonds. The van der Waals surface area contributed by atoms with Gasteiger partial charge in [0.15, 0.2) is 0 Å². The molecule has 0 saturated heterocycles. The number of aromatic nitrogens is 1. The van der Waals surface area contributed by atoms with Gasteiger partial charge >= 0.3 is 5.97 Å². The van der Waals surface area contributed by atoms with Crippen LogP contribution in [0, 0.1) is 13.8 Å². The molecule has 0 spiro atoms. The third-order valence-electron chi connectivity index (χ3n) is 4.27. The number of ether oxygens (including phenoxy) is 1. The van der Waals surface area contributed by atoms with Crippen LogP contribution in [-0.2, 0) is 4.74 Å². The normalized spacial score (nSPS) is 11.1. The zero-order chi connectivity index (χ0) is 19.4. The Morgan fingerprint density at radius 3 is 2.59 bits per heavy atom. The van der Waals surface area contributed by atoms with Crippen molar-refractivity contribution in [3.8, 4) is 5.69 Å². The van der Waals surface area contributed by atoms with Crippen LogP contribution in [0.2, 0.25) is 0 Å². The first-order valence-electron chi connectivity index (χ1n) is 8.75. The minimum Gasteiger partial charge on any atom is -0.462 e. The van der Waals surface area contributed by atoms with Crippen molar-refractivity contribution in [1.29, 1.82) is 0 Å². The van der Waals surface area contributed by atoms with Crippen LogP contribution in [0.5, 0.6) is 0 Å². The highest BCUT2D eigenvalue weighted by molar-refractivity contribution is 9.10. The average molecular weight is 425 g/mol. The number of carbonyl (C=O) groups is 1.